The van der Waals surface area contributed by atoms with Crippen LogP contribution in [0.2, 0.25) is 0 Å². The third-order valence-corrected chi connectivity index (χ3v) is 2.08. The topological polar surface area (TPSA) is 86.3 Å². The highest BCUT2D eigenvalue weighted by Gasteiger charge is 2.11. The van der Waals surface area contributed by atoms with Gasteiger partial charge in [-0.05, 0) is 6.92 Å². The summed E-state index contributed by atoms with van der Waals surface area (Å²) in [6.07, 6.45) is 4.36. The van der Waals surface area contributed by atoms with Crippen LogP contribution >= 0.6 is 7.60 Å². The molecular weight excluding hydrogens is 221 g/mol. The molecular formula is C7H12N3O4P. The van der Waals surface area contributed by atoms with E-state index >= 15 is 0 Å². The summed E-state index contributed by atoms with van der Waals surface area (Å²) in [4.78, 5) is 20.3. The van der Waals surface area contributed by atoms with Crippen LogP contribution in [0.4, 0.5) is 0 Å². The highest BCUT2D eigenvalue weighted by Crippen LogP contribution is 2.36. The van der Waals surface area contributed by atoms with Crippen molar-refractivity contribution in [3.8, 4) is 0 Å². The fourth-order valence-electron chi connectivity index (χ4n) is 0.850. The van der Waals surface area contributed by atoms with Crippen LogP contribution in [0.15, 0.2) is 17.2 Å². The van der Waals surface area contributed by atoms with E-state index < -0.39 is 13.3 Å². The van der Waals surface area contributed by atoms with Crippen molar-refractivity contribution in [3.05, 3.63) is 22.9 Å². The Balaban J connectivity index is 2.80. The zero-order valence-corrected chi connectivity index (χ0v) is 9.29. The lowest BCUT2D eigenvalue weighted by Gasteiger charge is -2.05. The Morgan fingerprint density at radius 1 is 1.73 bits per heavy atom. The predicted octanol–water partition coefficient (Wildman–Crippen LogP) is 0.325. The minimum atomic E-state index is -3.57. The van der Waals surface area contributed by atoms with Gasteiger partial charge in [-0.3, -0.25) is 13.7 Å². The maximum atomic E-state index is 11.4. The molecule has 15 heavy (non-hydrogen) atoms. The number of hydrogen-bond acceptors (Lipinski definition) is 4. The van der Waals surface area contributed by atoms with Gasteiger partial charge in [0.15, 0.2) is 0 Å². The van der Waals surface area contributed by atoms with Crippen molar-refractivity contribution in [1.82, 2.24) is 14.3 Å². The number of rotatable bonds is 4. The minimum Gasteiger partial charge on any atom is -0.324 e. The lowest BCUT2D eigenvalue weighted by atomic mass is 10.7. The van der Waals surface area contributed by atoms with E-state index in [1.54, 1.807) is 13.0 Å². The lowest BCUT2D eigenvalue weighted by molar-refractivity contribution is 0.201. The first-order valence-electron chi connectivity index (χ1n) is 4.15. The smallest absolute Gasteiger partial charge is 0.324 e. The average molecular weight is 233 g/mol. The van der Waals surface area contributed by atoms with E-state index in [-0.39, 0.29) is 6.73 Å². The molecule has 1 unspecified atom stereocenters. The molecule has 0 amide bonds. The molecule has 0 spiro atoms. The minimum absolute atomic E-state index is 0.291. The summed E-state index contributed by atoms with van der Waals surface area (Å²) in [7, 11) is -3.57. The van der Waals surface area contributed by atoms with E-state index in [1.165, 1.54) is 12.5 Å². The van der Waals surface area contributed by atoms with Gasteiger partial charge < -0.3 is 4.89 Å². The largest absolute Gasteiger partial charge is 0.351 e. The average Bonchev–Trinajstić information content (AvgIpc) is 2.45. The van der Waals surface area contributed by atoms with Gasteiger partial charge in [-0.25, -0.2) is 4.79 Å². The summed E-state index contributed by atoms with van der Waals surface area (Å²) in [5, 5.41) is 3.74. The van der Waals surface area contributed by atoms with E-state index in [9.17, 15) is 9.36 Å². The van der Waals surface area contributed by atoms with Crippen LogP contribution in [0.25, 0.3) is 6.20 Å². The second-order valence-electron chi connectivity index (χ2n) is 2.87. The molecule has 0 bridgehead atoms. The zero-order valence-electron chi connectivity index (χ0n) is 8.40. The summed E-state index contributed by atoms with van der Waals surface area (Å²) in [5.74, 6) is 0. The molecule has 8 heteroatoms. The maximum absolute atomic E-state index is 11.4. The van der Waals surface area contributed by atoms with E-state index in [0.717, 1.165) is 15.9 Å². The molecule has 0 saturated carbocycles. The fourth-order valence-corrected chi connectivity index (χ4v) is 1.19. The first-order valence-corrected chi connectivity index (χ1v) is 6.18. The number of nitrogens with zero attached hydrogens (tertiary/aromatic N) is 3. The van der Waals surface area contributed by atoms with Gasteiger partial charge in [0, 0.05) is 12.9 Å². The number of allylic oxidation sites excluding steroid dienone is 1. The molecule has 1 aromatic heterocycles. The van der Waals surface area contributed by atoms with Crippen molar-refractivity contribution in [3.63, 3.8) is 0 Å². The molecule has 1 heterocycles. The molecule has 0 saturated heterocycles. The Kier molecular flexibility index (Phi) is 3.62. The van der Waals surface area contributed by atoms with Gasteiger partial charge in [0.05, 0.1) is 0 Å². The number of hydrogen-bond donors (Lipinski definition) is 1. The van der Waals surface area contributed by atoms with E-state index in [0.29, 0.717) is 0 Å². The van der Waals surface area contributed by atoms with Gasteiger partial charge >= 0.3 is 13.3 Å². The zero-order chi connectivity index (χ0) is 11.5. The van der Waals surface area contributed by atoms with Crippen molar-refractivity contribution in [2.75, 3.05) is 6.66 Å². The third kappa shape index (κ3) is 3.47. The molecule has 0 aliphatic heterocycles. The maximum Gasteiger partial charge on any atom is 0.351 e. The second kappa shape index (κ2) is 4.57. The van der Waals surface area contributed by atoms with Crippen LogP contribution in [-0.2, 0) is 15.8 Å². The monoisotopic (exact) mass is 233 g/mol. The highest BCUT2D eigenvalue weighted by atomic mass is 31.2. The normalized spacial score (nSPS) is 15.7. The van der Waals surface area contributed by atoms with E-state index in [1.807, 2.05) is 0 Å². The van der Waals surface area contributed by atoms with E-state index in [2.05, 4.69) is 9.62 Å². The molecule has 1 aromatic rings. The van der Waals surface area contributed by atoms with Gasteiger partial charge in [-0.15, -0.1) is 0 Å². The molecule has 0 aliphatic rings. The lowest BCUT2D eigenvalue weighted by Crippen LogP contribution is -2.22. The summed E-state index contributed by atoms with van der Waals surface area (Å²) in [6.45, 7) is 2.50. The quantitative estimate of drug-likeness (QED) is 0.757. The third-order valence-electron chi connectivity index (χ3n) is 1.48. The molecule has 0 radical (unpaired) electrons. The number of aromatic nitrogens is 3. The van der Waals surface area contributed by atoms with Crippen LogP contribution in [0.5, 0.6) is 0 Å². The first-order chi connectivity index (χ1) is 6.94. The van der Waals surface area contributed by atoms with Crippen LogP contribution < -0.4 is 5.69 Å². The van der Waals surface area contributed by atoms with Crippen LogP contribution in [0.3, 0.4) is 0 Å². The van der Waals surface area contributed by atoms with Crippen molar-refractivity contribution in [2.24, 2.45) is 0 Å². The summed E-state index contributed by atoms with van der Waals surface area (Å²) in [6, 6.07) is 0. The van der Waals surface area contributed by atoms with Gasteiger partial charge in [-0.1, -0.05) is 6.08 Å². The Hall–Kier alpha value is -1.17. The van der Waals surface area contributed by atoms with Crippen molar-refractivity contribution >= 4 is 13.8 Å². The molecule has 0 aliphatic carbocycles. The highest BCUT2D eigenvalue weighted by molar-refractivity contribution is 7.51. The summed E-state index contributed by atoms with van der Waals surface area (Å²) in [5.41, 5.74) is -0.429. The molecule has 1 N–H and O–H groups in total. The first kappa shape index (κ1) is 11.9. The van der Waals surface area contributed by atoms with Gasteiger partial charge in [0.2, 0.25) is 0 Å². The predicted molar refractivity (Wildman–Crippen MR) is 54.3 cm³/mol. The van der Waals surface area contributed by atoms with Crippen molar-refractivity contribution in [2.45, 2.75) is 13.7 Å². The molecule has 7 nitrogen and oxygen atoms in total. The van der Waals surface area contributed by atoms with Crippen molar-refractivity contribution < 1.29 is 14.0 Å². The Labute approximate surface area is 86.1 Å². The Morgan fingerprint density at radius 3 is 2.93 bits per heavy atom. The second-order valence-corrected chi connectivity index (χ2v) is 4.74. The Morgan fingerprint density at radius 2 is 2.40 bits per heavy atom. The van der Waals surface area contributed by atoms with Crippen LogP contribution in [0.1, 0.15) is 6.92 Å². The summed E-state index contributed by atoms with van der Waals surface area (Å²) >= 11 is 0. The van der Waals surface area contributed by atoms with Gasteiger partial charge in [0.25, 0.3) is 0 Å². The van der Waals surface area contributed by atoms with Crippen LogP contribution in [0, 0.1) is 0 Å². The summed E-state index contributed by atoms with van der Waals surface area (Å²) < 4.78 is 17.6. The SMILES string of the molecule is C/C=C/n1ncn(COP(C)(=O)O)c1=O. The van der Waals surface area contributed by atoms with Gasteiger partial charge in [-0.2, -0.15) is 9.78 Å². The molecule has 0 aromatic carbocycles. The van der Waals surface area contributed by atoms with Gasteiger partial charge in [0.1, 0.15) is 13.1 Å². The fraction of sp³-hybridized carbons (Fsp3) is 0.429. The molecule has 1 rings (SSSR count). The Bertz CT molecular complexity index is 455. The molecule has 0 fully saturated rings. The van der Waals surface area contributed by atoms with E-state index in [4.69, 9.17) is 4.89 Å². The molecule has 1 atom stereocenters. The standard InChI is InChI=1S/C7H12N3O4P/c1-3-4-10-7(11)9(5-8-10)6-14-15(2,12)13/h3-5H,6H2,1-2H3,(H,12,13)/b4-3+. The van der Waals surface area contributed by atoms with Crippen molar-refractivity contribution in [1.29, 1.82) is 0 Å². The van der Waals surface area contributed by atoms with Crippen LogP contribution in [-0.4, -0.2) is 25.9 Å². The molecule has 84 valence electrons.